The van der Waals surface area contributed by atoms with Gasteiger partial charge in [-0.3, -0.25) is 0 Å². The van der Waals surface area contributed by atoms with Crippen molar-refractivity contribution in [1.82, 2.24) is 4.98 Å². The molecule has 0 unspecified atom stereocenters. The van der Waals surface area contributed by atoms with Gasteiger partial charge in [-0.05, 0) is 0 Å². The van der Waals surface area contributed by atoms with E-state index in [-0.39, 0.29) is 20.4 Å². The van der Waals surface area contributed by atoms with Crippen LogP contribution in [0.4, 0.5) is 4.69 Å². The first-order valence-corrected chi connectivity index (χ1v) is 5.94. The van der Waals surface area contributed by atoms with Gasteiger partial charge in [-0.2, -0.15) is 0 Å². The topological polar surface area (TPSA) is 42.0 Å². The Labute approximate surface area is 81.9 Å². The Hall–Kier alpha value is -0.311. The number of halogens is 1. The van der Waals surface area contributed by atoms with E-state index in [1.807, 2.05) is 11.9 Å². The summed E-state index contributed by atoms with van der Waals surface area (Å²) >= 11 is 5.73. The maximum atomic E-state index is 10.9. The molecule has 0 saturated heterocycles. The Morgan fingerprint density at radius 3 is 3.08 bits per heavy atom. The van der Waals surface area contributed by atoms with Crippen molar-refractivity contribution in [2.75, 3.05) is 5.32 Å². The molecule has 0 saturated carbocycles. The van der Waals surface area contributed by atoms with Gasteiger partial charge in [0.15, 0.2) is 0 Å². The number of nitrogens with one attached hydrogen (secondary N) is 1. The molecule has 5 heteroatoms. The Kier molecular flexibility index (Phi) is 3.79. The molecule has 0 bridgehead atoms. The number of amides is 1. The Balaban J connectivity index is 2.58. The minimum absolute atomic E-state index is 0.0137. The van der Waals surface area contributed by atoms with Crippen molar-refractivity contribution in [1.29, 1.82) is 0 Å². The van der Waals surface area contributed by atoms with Gasteiger partial charge in [0, 0.05) is 0 Å². The number of anilines is 1. The van der Waals surface area contributed by atoms with Gasteiger partial charge in [-0.1, -0.05) is 0 Å². The van der Waals surface area contributed by atoms with Crippen LogP contribution in [-0.2, 0) is 10.7 Å². The molecule has 1 amide bonds. The fraction of sp³-hybridized carbons (Fsp3) is 0.429. The zero-order chi connectivity index (χ0) is 8.97. The summed E-state index contributed by atoms with van der Waals surface area (Å²) in [6.07, 6.45) is 0.491. The third kappa shape index (κ3) is 2.63. The summed E-state index contributed by atoms with van der Waals surface area (Å²) in [5.74, 6) is 0.438. The SMILES string of the molecule is CCC(=O)Nc1nc(CCl)c[se]1. The second kappa shape index (κ2) is 4.65. The van der Waals surface area contributed by atoms with Gasteiger partial charge in [-0.25, -0.2) is 0 Å². The molecule has 66 valence electrons. The first-order valence-electron chi connectivity index (χ1n) is 3.56. The first-order chi connectivity index (χ1) is 5.76. The molecule has 0 aliphatic carbocycles. The number of carbonyl (C=O) groups excluding carboxylic acids is 1. The van der Waals surface area contributed by atoms with Crippen molar-refractivity contribution in [2.45, 2.75) is 19.2 Å². The quantitative estimate of drug-likeness (QED) is 0.648. The normalized spacial score (nSPS) is 9.83. The van der Waals surface area contributed by atoms with Crippen LogP contribution in [0, 0.1) is 0 Å². The number of hydrogen-bond acceptors (Lipinski definition) is 2. The molecule has 1 rings (SSSR count). The standard InChI is InChI=1S/C7H9ClN2OSe/c1-2-6(11)10-7-9-5(3-8)4-12-7/h4H,2-3H2,1H3,(H,9,10,11). The van der Waals surface area contributed by atoms with Crippen LogP contribution in [0.3, 0.4) is 0 Å². The van der Waals surface area contributed by atoms with Crippen LogP contribution in [0.5, 0.6) is 0 Å². The van der Waals surface area contributed by atoms with E-state index in [1.165, 1.54) is 0 Å². The van der Waals surface area contributed by atoms with Crippen molar-refractivity contribution >= 4 is 36.7 Å². The molecule has 0 aliphatic heterocycles. The van der Waals surface area contributed by atoms with E-state index in [4.69, 9.17) is 11.6 Å². The van der Waals surface area contributed by atoms with E-state index in [2.05, 4.69) is 10.3 Å². The monoisotopic (exact) mass is 252 g/mol. The number of rotatable bonds is 3. The zero-order valence-corrected chi connectivity index (χ0v) is 9.10. The van der Waals surface area contributed by atoms with Crippen LogP contribution in [0.25, 0.3) is 0 Å². The average Bonchev–Trinajstić information content (AvgIpc) is 2.52. The minimum atomic E-state index is 0.0137. The molecular formula is C7H9ClN2OSe. The first kappa shape index (κ1) is 9.78. The molecular weight excluding hydrogens is 243 g/mol. The second-order valence-corrected chi connectivity index (χ2v) is 4.25. The van der Waals surface area contributed by atoms with Crippen LogP contribution in [0.1, 0.15) is 19.0 Å². The predicted octanol–water partition coefficient (Wildman–Crippen LogP) is 1.23. The van der Waals surface area contributed by atoms with Gasteiger partial charge in [0.05, 0.1) is 0 Å². The summed E-state index contributed by atoms with van der Waals surface area (Å²) in [7, 11) is 0. The number of hydrogen-bond donors (Lipinski definition) is 1. The molecule has 0 spiro atoms. The summed E-state index contributed by atoms with van der Waals surface area (Å²) in [6.45, 7) is 1.81. The van der Waals surface area contributed by atoms with E-state index in [0.717, 1.165) is 10.4 Å². The fourth-order valence-corrected chi connectivity index (χ4v) is 2.50. The van der Waals surface area contributed by atoms with E-state index in [9.17, 15) is 4.79 Å². The van der Waals surface area contributed by atoms with Crippen molar-refractivity contribution in [3.05, 3.63) is 10.6 Å². The van der Waals surface area contributed by atoms with Crippen LogP contribution < -0.4 is 5.32 Å². The van der Waals surface area contributed by atoms with Crippen LogP contribution in [0.15, 0.2) is 4.94 Å². The van der Waals surface area contributed by atoms with Gasteiger partial charge < -0.3 is 0 Å². The summed E-state index contributed by atoms with van der Waals surface area (Å²) < 4.78 is 0.769. The molecule has 0 aliphatic rings. The Morgan fingerprint density at radius 1 is 1.83 bits per heavy atom. The van der Waals surface area contributed by atoms with Crippen molar-refractivity contribution < 1.29 is 4.79 Å². The van der Waals surface area contributed by atoms with Gasteiger partial charge in [0.1, 0.15) is 0 Å². The molecule has 1 aromatic heterocycles. The molecule has 3 nitrogen and oxygen atoms in total. The molecule has 1 aromatic rings. The molecule has 1 N–H and O–H groups in total. The van der Waals surface area contributed by atoms with Crippen molar-refractivity contribution in [3.8, 4) is 0 Å². The Bertz CT molecular complexity index is 274. The molecule has 0 aromatic carbocycles. The zero-order valence-electron chi connectivity index (χ0n) is 6.63. The second-order valence-electron chi connectivity index (χ2n) is 2.18. The summed E-state index contributed by atoms with van der Waals surface area (Å²) in [4.78, 5) is 17.0. The van der Waals surface area contributed by atoms with Gasteiger partial charge >= 0.3 is 81.7 Å². The third-order valence-corrected chi connectivity index (χ3v) is 3.22. The summed E-state index contributed by atoms with van der Waals surface area (Å²) in [5.41, 5.74) is 0.864. The van der Waals surface area contributed by atoms with E-state index >= 15 is 0 Å². The molecule has 0 radical (unpaired) electrons. The van der Waals surface area contributed by atoms with Gasteiger partial charge in [0.25, 0.3) is 0 Å². The molecule has 12 heavy (non-hydrogen) atoms. The molecule has 1 heterocycles. The van der Waals surface area contributed by atoms with Crippen LogP contribution >= 0.6 is 11.6 Å². The number of alkyl halides is 1. The number of nitrogens with zero attached hydrogens (tertiary/aromatic N) is 1. The van der Waals surface area contributed by atoms with Gasteiger partial charge in [-0.15, -0.1) is 0 Å². The van der Waals surface area contributed by atoms with Crippen molar-refractivity contribution in [3.63, 3.8) is 0 Å². The number of carbonyl (C=O) groups is 1. The van der Waals surface area contributed by atoms with Crippen LogP contribution in [0.2, 0.25) is 0 Å². The summed E-state index contributed by atoms with van der Waals surface area (Å²) in [5, 5.41) is 2.72. The summed E-state index contributed by atoms with van der Waals surface area (Å²) in [6, 6.07) is 0. The third-order valence-electron chi connectivity index (χ3n) is 1.26. The maximum absolute atomic E-state index is 10.9. The predicted molar refractivity (Wildman–Crippen MR) is 49.7 cm³/mol. The average molecular weight is 252 g/mol. The van der Waals surface area contributed by atoms with Crippen molar-refractivity contribution in [2.24, 2.45) is 0 Å². The number of aromatic nitrogens is 1. The van der Waals surface area contributed by atoms with Gasteiger partial charge in [0.2, 0.25) is 0 Å². The van der Waals surface area contributed by atoms with E-state index in [0.29, 0.717) is 12.3 Å². The molecule has 0 atom stereocenters. The van der Waals surface area contributed by atoms with E-state index in [1.54, 1.807) is 0 Å². The van der Waals surface area contributed by atoms with E-state index < -0.39 is 0 Å². The fourth-order valence-electron chi connectivity index (χ4n) is 0.633. The Morgan fingerprint density at radius 2 is 2.58 bits per heavy atom. The molecule has 0 fully saturated rings. The van der Waals surface area contributed by atoms with Crippen LogP contribution in [-0.4, -0.2) is 25.4 Å².